The summed E-state index contributed by atoms with van der Waals surface area (Å²) in [6.07, 6.45) is 3.13. The first-order valence-electron chi connectivity index (χ1n) is 13.3. The Balaban J connectivity index is 1.40. The second kappa shape index (κ2) is 12.3. The Hall–Kier alpha value is -3.95. The van der Waals surface area contributed by atoms with Gasteiger partial charge in [0.25, 0.3) is 0 Å². The molecule has 2 aromatic carbocycles. The second-order valence-electron chi connectivity index (χ2n) is 10.5. The number of amides is 1. The van der Waals surface area contributed by atoms with Gasteiger partial charge in [0.05, 0.1) is 25.9 Å². The molecule has 2 saturated heterocycles. The number of methoxy groups -OCH3 is 2. The van der Waals surface area contributed by atoms with Crippen molar-refractivity contribution in [2.24, 2.45) is 0 Å². The maximum atomic E-state index is 12.6. The monoisotopic (exact) mass is 532 g/mol. The van der Waals surface area contributed by atoms with Crippen molar-refractivity contribution in [2.45, 2.75) is 63.3 Å². The van der Waals surface area contributed by atoms with Gasteiger partial charge in [-0.25, -0.2) is 4.79 Å². The van der Waals surface area contributed by atoms with Crippen molar-refractivity contribution in [1.29, 1.82) is 10.5 Å². The standard InChI is InChI=1S/C30H36N4O5/c1-30(2,20-32)39-29(35)33-18-23-11-12-24(19-33)34(23)15-5-6-26(22-9-7-21(17-31)8-10-22)38-25-13-14-27(36-3)28(16-25)37-4/h7-10,13-14,16,23-24,26H,5-6,11-12,15,18-19H2,1-4H3. The van der Waals surface area contributed by atoms with Crippen molar-refractivity contribution in [3.63, 3.8) is 0 Å². The molecule has 2 heterocycles. The third kappa shape index (κ3) is 6.74. The van der Waals surface area contributed by atoms with E-state index in [-0.39, 0.29) is 18.2 Å². The Kier molecular flexibility index (Phi) is 8.83. The van der Waals surface area contributed by atoms with Crippen molar-refractivity contribution >= 4 is 6.09 Å². The van der Waals surface area contributed by atoms with Gasteiger partial charge < -0.3 is 23.8 Å². The van der Waals surface area contributed by atoms with Gasteiger partial charge in [0.1, 0.15) is 17.9 Å². The quantitative estimate of drug-likeness (QED) is 0.418. The number of likely N-dealkylation sites (tertiary alicyclic amines) is 1. The van der Waals surface area contributed by atoms with E-state index >= 15 is 0 Å². The Bertz CT molecular complexity index is 1220. The highest BCUT2D eigenvalue weighted by molar-refractivity contribution is 5.69. The maximum absolute atomic E-state index is 12.6. The minimum Gasteiger partial charge on any atom is -0.493 e. The third-order valence-corrected chi connectivity index (χ3v) is 7.43. The number of benzene rings is 2. The lowest BCUT2D eigenvalue weighted by Gasteiger charge is -2.41. The number of hydrogen-bond acceptors (Lipinski definition) is 8. The fraction of sp³-hybridized carbons (Fsp3) is 0.500. The molecular formula is C30H36N4O5. The Morgan fingerprint density at radius 3 is 2.28 bits per heavy atom. The van der Waals surface area contributed by atoms with Crippen LogP contribution in [0.15, 0.2) is 42.5 Å². The van der Waals surface area contributed by atoms with Crippen LogP contribution in [0, 0.1) is 22.7 Å². The van der Waals surface area contributed by atoms with Gasteiger partial charge in [0, 0.05) is 31.2 Å². The molecule has 2 bridgehead atoms. The van der Waals surface area contributed by atoms with Crippen LogP contribution in [0.2, 0.25) is 0 Å². The largest absolute Gasteiger partial charge is 0.493 e. The van der Waals surface area contributed by atoms with Crippen molar-refractivity contribution in [2.75, 3.05) is 33.9 Å². The summed E-state index contributed by atoms with van der Waals surface area (Å²) in [6, 6.07) is 17.8. The molecule has 4 rings (SSSR count). The fourth-order valence-corrected chi connectivity index (χ4v) is 5.39. The molecule has 2 aliphatic rings. The van der Waals surface area contributed by atoms with Crippen LogP contribution in [0.25, 0.3) is 0 Å². The lowest BCUT2D eigenvalue weighted by molar-refractivity contribution is 0.0138. The molecule has 9 heteroatoms. The zero-order chi connectivity index (χ0) is 28.0. The van der Waals surface area contributed by atoms with E-state index in [9.17, 15) is 15.3 Å². The first-order valence-corrected chi connectivity index (χ1v) is 13.3. The number of nitrogens with zero attached hydrogens (tertiary/aromatic N) is 4. The summed E-state index contributed by atoms with van der Waals surface area (Å²) in [7, 11) is 3.19. The molecule has 0 radical (unpaired) electrons. The van der Waals surface area contributed by atoms with Gasteiger partial charge in [-0.1, -0.05) is 12.1 Å². The van der Waals surface area contributed by atoms with Gasteiger partial charge in [-0.05, 0) is 75.9 Å². The highest BCUT2D eigenvalue weighted by Crippen LogP contribution is 2.35. The second-order valence-corrected chi connectivity index (χ2v) is 10.5. The van der Waals surface area contributed by atoms with E-state index in [1.54, 1.807) is 33.0 Å². The van der Waals surface area contributed by atoms with Crippen LogP contribution >= 0.6 is 0 Å². The highest BCUT2D eigenvalue weighted by Gasteiger charge is 2.42. The number of piperazine rings is 1. The first kappa shape index (κ1) is 28.1. The van der Waals surface area contributed by atoms with Crippen molar-refractivity contribution in [3.05, 3.63) is 53.6 Å². The number of carbonyl (C=O) groups excluding carboxylic acids is 1. The molecule has 206 valence electrons. The van der Waals surface area contributed by atoms with E-state index in [1.165, 1.54) is 0 Å². The van der Waals surface area contributed by atoms with Crippen molar-refractivity contribution in [1.82, 2.24) is 9.80 Å². The minimum absolute atomic E-state index is 0.210. The van der Waals surface area contributed by atoms with E-state index in [0.717, 1.165) is 37.8 Å². The zero-order valence-corrected chi connectivity index (χ0v) is 23.1. The maximum Gasteiger partial charge on any atom is 0.411 e. The number of carbonyl (C=O) groups is 1. The molecule has 2 fully saturated rings. The summed E-state index contributed by atoms with van der Waals surface area (Å²) < 4.78 is 22.6. The Morgan fingerprint density at radius 1 is 1.03 bits per heavy atom. The SMILES string of the molecule is COc1ccc(OC(CCCN2C3CCC2CN(C(=O)OC(C)(C)C#N)C3)c2ccc(C#N)cc2)cc1OC. The Labute approximate surface area is 230 Å². The third-order valence-electron chi connectivity index (χ3n) is 7.43. The van der Waals surface area contributed by atoms with E-state index < -0.39 is 11.7 Å². The molecule has 0 aliphatic carbocycles. The predicted octanol–water partition coefficient (Wildman–Crippen LogP) is 5.06. The average Bonchev–Trinajstić information content (AvgIpc) is 3.17. The van der Waals surface area contributed by atoms with Crippen LogP contribution in [0.3, 0.4) is 0 Å². The molecule has 1 amide bonds. The van der Waals surface area contributed by atoms with E-state index in [2.05, 4.69) is 11.0 Å². The van der Waals surface area contributed by atoms with Gasteiger partial charge in [-0.2, -0.15) is 10.5 Å². The van der Waals surface area contributed by atoms with E-state index in [0.29, 0.717) is 35.9 Å². The molecule has 39 heavy (non-hydrogen) atoms. The zero-order valence-electron chi connectivity index (χ0n) is 23.1. The molecule has 0 N–H and O–H groups in total. The predicted molar refractivity (Wildman–Crippen MR) is 145 cm³/mol. The number of hydrogen-bond donors (Lipinski definition) is 0. The first-order chi connectivity index (χ1) is 18.8. The summed E-state index contributed by atoms with van der Waals surface area (Å²) in [5.41, 5.74) is 0.468. The normalized spacial score (nSPS) is 19.5. The van der Waals surface area contributed by atoms with Crippen LogP contribution in [-0.2, 0) is 4.74 Å². The molecule has 3 unspecified atom stereocenters. The smallest absolute Gasteiger partial charge is 0.411 e. The molecule has 9 nitrogen and oxygen atoms in total. The molecule has 0 aromatic heterocycles. The van der Waals surface area contributed by atoms with Crippen molar-refractivity contribution < 1.29 is 23.7 Å². The molecule has 2 aliphatic heterocycles. The summed E-state index contributed by atoms with van der Waals surface area (Å²) in [5, 5.41) is 18.4. The summed E-state index contributed by atoms with van der Waals surface area (Å²) in [4.78, 5) is 16.9. The topological polar surface area (TPSA) is 108 Å². The fourth-order valence-electron chi connectivity index (χ4n) is 5.39. The number of nitriles is 2. The number of rotatable bonds is 10. The number of ether oxygens (including phenoxy) is 4. The molecule has 0 spiro atoms. The van der Waals surface area contributed by atoms with Gasteiger partial charge >= 0.3 is 6.09 Å². The van der Waals surface area contributed by atoms with Gasteiger partial charge in [-0.15, -0.1) is 0 Å². The summed E-state index contributed by atoms with van der Waals surface area (Å²) >= 11 is 0. The van der Waals surface area contributed by atoms with Crippen LogP contribution < -0.4 is 14.2 Å². The molecular weight excluding hydrogens is 496 g/mol. The highest BCUT2D eigenvalue weighted by atomic mass is 16.6. The van der Waals surface area contributed by atoms with Crippen LogP contribution in [0.1, 0.15) is 56.8 Å². The molecule has 0 saturated carbocycles. The Morgan fingerprint density at radius 2 is 1.69 bits per heavy atom. The lowest BCUT2D eigenvalue weighted by atomic mass is 10.0. The van der Waals surface area contributed by atoms with Crippen LogP contribution in [0.5, 0.6) is 17.2 Å². The minimum atomic E-state index is -1.14. The average molecular weight is 533 g/mol. The van der Waals surface area contributed by atoms with Crippen LogP contribution in [-0.4, -0.2) is 67.4 Å². The van der Waals surface area contributed by atoms with E-state index in [4.69, 9.17) is 18.9 Å². The summed E-state index contributed by atoms with van der Waals surface area (Å²) in [6.45, 7) is 5.31. The number of fused-ring (bicyclic) bond motifs is 2. The summed E-state index contributed by atoms with van der Waals surface area (Å²) in [5.74, 6) is 1.91. The lowest BCUT2D eigenvalue weighted by Crippen LogP contribution is -2.56. The van der Waals surface area contributed by atoms with Crippen LogP contribution in [0.4, 0.5) is 4.79 Å². The van der Waals surface area contributed by atoms with Crippen molar-refractivity contribution in [3.8, 4) is 29.4 Å². The van der Waals surface area contributed by atoms with E-state index in [1.807, 2.05) is 48.5 Å². The van der Waals surface area contributed by atoms with Gasteiger partial charge in [0.2, 0.25) is 0 Å². The van der Waals surface area contributed by atoms with Gasteiger partial charge in [-0.3, -0.25) is 4.90 Å². The molecule has 2 aromatic rings. The molecule has 3 atom stereocenters. The van der Waals surface area contributed by atoms with Gasteiger partial charge in [0.15, 0.2) is 17.1 Å².